The van der Waals surface area contributed by atoms with E-state index in [1.807, 2.05) is 5.32 Å². The van der Waals surface area contributed by atoms with Gasteiger partial charge in [-0.25, -0.2) is 23.5 Å². The van der Waals surface area contributed by atoms with Crippen molar-refractivity contribution in [3.63, 3.8) is 0 Å². The average Bonchev–Trinajstić information content (AvgIpc) is 2.30. The van der Waals surface area contributed by atoms with Crippen LogP contribution < -0.4 is 10.1 Å². The van der Waals surface area contributed by atoms with E-state index in [4.69, 9.17) is 9.84 Å². The van der Waals surface area contributed by atoms with Crippen molar-refractivity contribution in [1.82, 2.24) is 9.97 Å². The first-order chi connectivity index (χ1) is 8.51. The Kier molecular flexibility index (Phi) is 2.92. The topological polar surface area (TPSA) is 84.3 Å². The van der Waals surface area contributed by atoms with Crippen LogP contribution >= 0.6 is 0 Å². The highest BCUT2D eigenvalue weighted by atomic mass is 19.2. The van der Waals surface area contributed by atoms with E-state index in [0.717, 1.165) is 12.1 Å². The second-order valence-electron chi connectivity index (χ2n) is 3.27. The monoisotopic (exact) mass is 255 g/mol. The molecular weight excluding hydrogens is 248 g/mol. The molecule has 18 heavy (non-hydrogen) atoms. The SMILES string of the molecule is COc1nc2cc(F)c(F)cc2nc1NC(=O)O. The Bertz CT molecular complexity index is 633. The molecule has 2 N–H and O–H groups in total. The van der Waals surface area contributed by atoms with Crippen molar-refractivity contribution < 1.29 is 23.4 Å². The van der Waals surface area contributed by atoms with Crippen LogP contribution in [0, 0.1) is 11.6 Å². The number of hydrogen-bond donors (Lipinski definition) is 2. The van der Waals surface area contributed by atoms with Gasteiger partial charge in [0.2, 0.25) is 0 Å². The maximum absolute atomic E-state index is 13.0. The Morgan fingerprint density at radius 2 is 1.83 bits per heavy atom. The van der Waals surface area contributed by atoms with Crippen LogP contribution in [0.4, 0.5) is 19.4 Å². The molecule has 0 unspecified atom stereocenters. The molecule has 2 rings (SSSR count). The molecule has 0 atom stereocenters. The molecule has 0 aliphatic heterocycles. The van der Waals surface area contributed by atoms with Gasteiger partial charge >= 0.3 is 6.09 Å². The van der Waals surface area contributed by atoms with Gasteiger partial charge in [0.05, 0.1) is 18.1 Å². The molecule has 2 aromatic rings. The lowest BCUT2D eigenvalue weighted by Crippen LogP contribution is -2.11. The first kappa shape index (κ1) is 12.0. The number of rotatable bonds is 2. The van der Waals surface area contributed by atoms with Crippen LogP contribution in [-0.4, -0.2) is 28.3 Å². The van der Waals surface area contributed by atoms with Gasteiger partial charge in [-0.05, 0) is 0 Å². The molecule has 8 heteroatoms. The number of fused-ring (bicyclic) bond motifs is 1. The number of hydrogen-bond acceptors (Lipinski definition) is 4. The predicted octanol–water partition coefficient (Wildman–Crippen LogP) is 2.01. The minimum absolute atomic E-state index is 0.0125. The fourth-order valence-electron chi connectivity index (χ4n) is 1.36. The number of carboxylic acid groups (broad SMARTS) is 1. The number of nitrogens with one attached hydrogen (secondary N) is 1. The summed E-state index contributed by atoms with van der Waals surface area (Å²) in [4.78, 5) is 18.2. The summed E-state index contributed by atoms with van der Waals surface area (Å²) >= 11 is 0. The Morgan fingerprint density at radius 3 is 2.33 bits per heavy atom. The summed E-state index contributed by atoms with van der Waals surface area (Å²) in [6, 6.07) is 1.68. The highest BCUT2D eigenvalue weighted by Crippen LogP contribution is 2.24. The Hall–Kier alpha value is -2.51. The van der Waals surface area contributed by atoms with E-state index in [2.05, 4.69) is 9.97 Å². The summed E-state index contributed by atoms with van der Waals surface area (Å²) in [6.07, 6.45) is -1.37. The zero-order valence-corrected chi connectivity index (χ0v) is 9.07. The molecule has 0 fully saturated rings. The van der Waals surface area contributed by atoms with Crippen LogP contribution in [0.15, 0.2) is 12.1 Å². The Morgan fingerprint density at radius 1 is 1.28 bits per heavy atom. The summed E-state index contributed by atoms with van der Waals surface area (Å²) in [7, 11) is 1.25. The van der Waals surface area contributed by atoms with E-state index in [1.165, 1.54) is 7.11 Å². The molecule has 1 amide bonds. The summed E-state index contributed by atoms with van der Waals surface area (Å²) in [6.45, 7) is 0. The second kappa shape index (κ2) is 4.40. The standard InChI is InChI=1S/C10H7F2N3O3/c1-18-9-8(15-10(16)17)13-6-2-4(11)5(12)3-7(6)14-9/h2-3H,1H3,(H,13,15)(H,16,17). The largest absolute Gasteiger partial charge is 0.478 e. The van der Waals surface area contributed by atoms with Crippen LogP contribution in [0.3, 0.4) is 0 Å². The van der Waals surface area contributed by atoms with Gasteiger partial charge in [0, 0.05) is 12.1 Å². The zero-order chi connectivity index (χ0) is 13.3. The molecule has 1 aromatic heterocycles. The van der Waals surface area contributed by atoms with Crippen molar-refractivity contribution >= 4 is 22.9 Å². The summed E-state index contributed by atoms with van der Waals surface area (Å²) in [5.41, 5.74) is 0.0696. The Balaban J connectivity index is 2.65. The van der Waals surface area contributed by atoms with Crippen molar-refractivity contribution in [2.24, 2.45) is 0 Å². The van der Waals surface area contributed by atoms with Crippen LogP contribution in [0.5, 0.6) is 5.88 Å². The molecular formula is C10H7F2N3O3. The summed E-state index contributed by atoms with van der Waals surface area (Å²) in [5.74, 6) is -2.49. The number of carbonyl (C=O) groups is 1. The van der Waals surface area contributed by atoms with Crippen molar-refractivity contribution in [2.75, 3.05) is 12.4 Å². The molecule has 6 nitrogen and oxygen atoms in total. The van der Waals surface area contributed by atoms with E-state index in [0.29, 0.717) is 0 Å². The lowest BCUT2D eigenvalue weighted by atomic mass is 10.3. The van der Waals surface area contributed by atoms with Crippen molar-refractivity contribution in [3.05, 3.63) is 23.8 Å². The highest BCUT2D eigenvalue weighted by molar-refractivity contribution is 5.86. The third-order valence-corrected chi connectivity index (χ3v) is 2.09. The third kappa shape index (κ3) is 2.12. The zero-order valence-electron chi connectivity index (χ0n) is 9.07. The number of amides is 1. The average molecular weight is 255 g/mol. The number of aromatic nitrogens is 2. The number of benzene rings is 1. The smallest absolute Gasteiger partial charge is 0.410 e. The highest BCUT2D eigenvalue weighted by Gasteiger charge is 2.14. The molecule has 0 saturated heterocycles. The minimum Gasteiger partial charge on any atom is -0.478 e. The van der Waals surface area contributed by atoms with Crippen molar-refractivity contribution in [2.45, 2.75) is 0 Å². The van der Waals surface area contributed by atoms with Crippen LogP contribution in [0.2, 0.25) is 0 Å². The minimum atomic E-state index is -1.37. The quantitative estimate of drug-likeness (QED) is 0.857. The van der Waals surface area contributed by atoms with E-state index < -0.39 is 17.7 Å². The molecule has 1 aromatic carbocycles. The van der Waals surface area contributed by atoms with Gasteiger partial charge in [0.15, 0.2) is 17.5 Å². The number of methoxy groups -OCH3 is 1. The first-order valence-electron chi connectivity index (χ1n) is 4.72. The molecule has 0 bridgehead atoms. The maximum Gasteiger partial charge on any atom is 0.410 e. The summed E-state index contributed by atoms with van der Waals surface area (Å²) in [5, 5.41) is 10.5. The fourth-order valence-corrected chi connectivity index (χ4v) is 1.36. The molecule has 0 aliphatic carbocycles. The van der Waals surface area contributed by atoms with Gasteiger partial charge in [-0.3, -0.25) is 5.32 Å². The van der Waals surface area contributed by atoms with Gasteiger partial charge in [-0.2, -0.15) is 0 Å². The normalized spacial score (nSPS) is 10.4. The molecule has 0 radical (unpaired) electrons. The molecule has 0 saturated carbocycles. The first-order valence-corrected chi connectivity index (χ1v) is 4.72. The number of nitrogens with zero attached hydrogens (tertiary/aromatic N) is 2. The predicted molar refractivity (Wildman–Crippen MR) is 57.7 cm³/mol. The van der Waals surface area contributed by atoms with Crippen LogP contribution in [-0.2, 0) is 0 Å². The lowest BCUT2D eigenvalue weighted by Gasteiger charge is -2.07. The van der Waals surface area contributed by atoms with E-state index in [-0.39, 0.29) is 22.7 Å². The van der Waals surface area contributed by atoms with Gasteiger partial charge in [0.25, 0.3) is 5.88 Å². The van der Waals surface area contributed by atoms with Crippen LogP contribution in [0.1, 0.15) is 0 Å². The van der Waals surface area contributed by atoms with Crippen molar-refractivity contribution in [3.8, 4) is 5.88 Å². The molecule has 1 heterocycles. The van der Waals surface area contributed by atoms with Gasteiger partial charge in [-0.1, -0.05) is 0 Å². The third-order valence-electron chi connectivity index (χ3n) is 2.09. The number of halogens is 2. The van der Waals surface area contributed by atoms with Gasteiger partial charge < -0.3 is 9.84 Å². The number of ether oxygens (including phenoxy) is 1. The van der Waals surface area contributed by atoms with Crippen LogP contribution in [0.25, 0.3) is 11.0 Å². The second-order valence-corrected chi connectivity index (χ2v) is 3.27. The van der Waals surface area contributed by atoms with Gasteiger partial charge in [0.1, 0.15) is 0 Å². The maximum atomic E-state index is 13.0. The summed E-state index contributed by atoms with van der Waals surface area (Å²) < 4.78 is 30.8. The molecule has 94 valence electrons. The van der Waals surface area contributed by atoms with Crippen molar-refractivity contribution in [1.29, 1.82) is 0 Å². The number of anilines is 1. The fraction of sp³-hybridized carbons (Fsp3) is 0.100. The Labute approximate surface area is 99.2 Å². The molecule has 0 spiro atoms. The molecule has 0 aliphatic rings. The van der Waals surface area contributed by atoms with Gasteiger partial charge in [-0.15, -0.1) is 0 Å². The van der Waals surface area contributed by atoms with E-state index >= 15 is 0 Å². The van der Waals surface area contributed by atoms with E-state index in [1.54, 1.807) is 0 Å². The lowest BCUT2D eigenvalue weighted by molar-refractivity contribution is 0.209. The van der Waals surface area contributed by atoms with E-state index in [9.17, 15) is 13.6 Å².